The second-order valence-corrected chi connectivity index (χ2v) is 17.9. The number of anilines is 1. The van der Waals surface area contributed by atoms with Crippen LogP contribution in [0.4, 0.5) is 18.9 Å². The van der Waals surface area contributed by atoms with E-state index in [4.69, 9.17) is 21.1 Å². The lowest BCUT2D eigenvalue weighted by Gasteiger charge is -2.38. The van der Waals surface area contributed by atoms with Crippen molar-refractivity contribution in [3.63, 3.8) is 0 Å². The number of alkyl halides is 1. The Morgan fingerprint density at radius 2 is 1.58 bits per heavy atom. The Kier molecular flexibility index (Phi) is 13.3. The maximum atomic E-state index is 16.8. The summed E-state index contributed by atoms with van der Waals surface area (Å²) in [4.78, 5) is 27.6. The van der Waals surface area contributed by atoms with E-state index in [0.717, 1.165) is 47.5 Å². The van der Waals surface area contributed by atoms with Crippen molar-refractivity contribution < 1.29 is 41.9 Å². The molecule has 2 aromatic carbocycles. The number of benzene rings is 2. The van der Waals surface area contributed by atoms with Crippen molar-refractivity contribution in [2.45, 2.75) is 38.8 Å². The molecule has 2 aliphatic rings. The minimum Gasteiger partial charge on any atom is -0.545 e. The quantitative estimate of drug-likeness (QED) is 0.0895. The van der Waals surface area contributed by atoms with Gasteiger partial charge in [0.25, 0.3) is 5.91 Å². The van der Waals surface area contributed by atoms with E-state index in [1.807, 2.05) is 49.8 Å². The minimum atomic E-state index is -2.56. The number of allylic oxidation sites excluding steroid dienone is 5. The number of nitrogens with one attached hydrogen (secondary N) is 1. The first-order valence-corrected chi connectivity index (χ1v) is 20.2. The molecular formula is C37H45ClF3N3O5Si. The molecule has 0 atom stereocenters. The minimum absolute atomic E-state index is 0.000776. The molecule has 1 aliphatic heterocycles. The molecule has 0 radical (unpaired) electrons. The van der Waals surface area contributed by atoms with Crippen molar-refractivity contribution >= 4 is 53.7 Å². The summed E-state index contributed by atoms with van der Waals surface area (Å²) in [5.74, 6) is -8.01. The normalized spacial score (nSPS) is 14.7. The zero-order valence-electron chi connectivity index (χ0n) is 29.5. The number of carboxylic acid groups (broad SMARTS) is 1. The van der Waals surface area contributed by atoms with Crippen LogP contribution in [0.5, 0.6) is 0 Å². The monoisotopic (exact) mass is 731 g/mol. The molecule has 0 saturated carbocycles. The van der Waals surface area contributed by atoms with E-state index in [0.29, 0.717) is 30.2 Å². The van der Waals surface area contributed by atoms with Gasteiger partial charge in [-0.15, -0.1) is 11.6 Å². The number of aromatic carboxylic acids is 1. The molecule has 270 valence electrons. The Hall–Kier alpha value is -3.71. The van der Waals surface area contributed by atoms with Gasteiger partial charge in [-0.05, 0) is 58.1 Å². The molecule has 0 unspecified atom stereocenters. The van der Waals surface area contributed by atoms with Crippen LogP contribution in [-0.2, 0) is 9.47 Å². The number of nitrogens with zero attached hydrogens (tertiary/aromatic N) is 2. The van der Waals surface area contributed by atoms with Gasteiger partial charge in [-0.3, -0.25) is 4.79 Å². The van der Waals surface area contributed by atoms with Gasteiger partial charge in [0.2, 0.25) is 0 Å². The standard InChI is InChI=1S/C37H45ClF3N3O5Si/c1-43(2)23-11-13-25-27(21-23)50(5,6)28-22-24(44(3)4)12-14-26(28)29(25)30-31(37(46)47)34(40)35(41)32(33(30)39)36(45)42-16-18-49-20-19-48-17-10-8-7-9-15-38/h11-14,21-22H,7-10,15-20H2,1-6H3,(H-,42,45,46,47). The topological polar surface area (TPSA) is 93.9 Å². The van der Waals surface area contributed by atoms with Crippen molar-refractivity contribution in [1.82, 2.24) is 5.32 Å². The summed E-state index contributed by atoms with van der Waals surface area (Å²) < 4.78 is 60.9. The van der Waals surface area contributed by atoms with Crippen molar-refractivity contribution in [1.29, 1.82) is 0 Å². The Labute approximate surface area is 297 Å². The average molecular weight is 732 g/mol. The fourth-order valence-electron chi connectivity index (χ4n) is 6.24. The predicted octanol–water partition coefficient (Wildman–Crippen LogP) is 4.58. The lowest BCUT2D eigenvalue weighted by atomic mass is 9.85. The van der Waals surface area contributed by atoms with E-state index in [2.05, 4.69) is 18.4 Å². The van der Waals surface area contributed by atoms with Crippen LogP contribution in [0, 0.1) is 17.5 Å². The van der Waals surface area contributed by atoms with Gasteiger partial charge in [0.15, 0.2) is 17.3 Å². The van der Waals surface area contributed by atoms with Gasteiger partial charge in [-0.25, -0.2) is 17.7 Å². The van der Waals surface area contributed by atoms with E-state index < -0.39 is 54.1 Å². The summed E-state index contributed by atoms with van der Waals surface area (Å²) in [7, 11) is 4.95. The van der Waals surface area contributed by atoms with Crippen molar-refractivity contribution in [3.05, 3.63) is 86.9 Å². The van der Waals surface area contributed by atoms with Gasteiger partial charge in [-0.1, -0.05) is 32.0 Å². The zero-order chi connectivity index (χ0) is 36.7. The lowest BCUT2D eigenvalue weighted by molar-refractivity contribution is -0.462. The molecule has 1 N–H and O–H groups in total. The maximum Gasteiger partial charge on any atom is 0.257 e. The molecule has 0 fully saturated rings. The van der Waals surface area contributed by atoms with Crippen LogP contribution < -0.4 is 20.5 Å². The van der Waals surface area contributed by atoms with Crippen LogP contribution >= 0.6 is 11.6 Å². The van der Waals surface area contributed by atoms with E-state index in [1.165, 1.54) is 0 Å². The van der Waals surface area contributed by atoms with E-state index in [1.54, 1.807) is 24.3 Å². The Balaban J connectivity index is 1.71. The highest BCUT2D eigenvalue weighted by Gasteiger charge is 2.43. The molecule has 1 heterocycles. The number of hydrogen-bond acceptors (Lipinski definition) is 6. The first kappa shape index (κ1) is 39.1. The molecule has 0 spiro atoms. The molecular weight excluding hydrogens is 687 g/mol. The molecule has 0 aromatic heterocycles. The maximum absolute atomic E-state index is 16.8. The highest BCUT2D eigenvalue weighted by atomic mass is 35.5. The van der Waals surface area contributed by atoms with Crippen LogP contribution in [0.3, 0.4) is 0 Å². The van der Waals surface area contributed by atoms with Crippen molar-refractivity contribution in [2.24, 2.45) is 0 Å². The first-order chi connectivity index (χ1) is 23.7. The molecule has 1 aliphatic carbocycles. The molecule has 13 heteroatoms. The summed E-state index contributed by atoms with van der Waals surface area (Å²) in [6.45, 7) is 5.26. The van der Waals surface area contributed by atoms with E-state index in [-0.39, 0.29) is 25.3 Å². The third-order valence-corrected chi connectivity index (χ3v) is 12.8. The summed E-state index contributed by atoms with van der Waals surface area (Å²) in [6.07, 6.45) is 9.43. The number of unbranched alkanes of at least 4 members (excludes halogenated alkanes) is 3. The number of hydrogen-bond donors (Lipinski definition) is 1. The smallest absolute Gasteiger partial charge is 0.257 e. The van der Waals surface area contributed by atoms with Crippen LogP contribution in [0.15, 0.2) is 47.2 Å². The number of amides is 1. The van der Waals surface area contributed by atoms with Gasteiger partial charge >= 0.3 is 0 Å². The fraction of sp³-hybridized carbons (Fsp3) is 0.432. The number of carbonyl (C=O) groups is 2. The van der Waals surface area contributed by atoms with Crippen molar-refractivity contribution in [3.8, 4) is 0 Å². The number of rotatable bonds is 16. The predicted molar refractivity (Wildman–Crippen MR) is 192 cm³/mol. The average Bonchev–Trinajstić information content (AvgIpc) is 3.07. The number of halogens is 4. The highest BCUT2D eigenvalue weighted by molar-refractivity contribution is 6.98. The molecule has 2 aromatic rings. The summed E-state index contributed by atoms with van der Waals surface area (Å²) in [6, 6.07) is 5.49. The lowest BCUT2D eigenvalue weighted by Crippen LogP contribution is -2.50. The molecule has 50 heavy (non-hydrogen) atoms. The zero-order valence-corrected chi connectivity index (χ0v) is 31.2. The number of carbonyl (C=O) groups excluding carboxylic acids is 2. The molecule has 0 bridgehead atoms. The highest BCUT2D eigenvalue weighted by Crippen LogP contribution is 2.44. The van der Waals surface area contributed by atoms with Crippen LogP contribution in [-0.4, -0.2) is 97.3 Å². The van der Waals surface area contributed by atoms with Gasteiger partial charge in [0, 0.05) is 62.1 Å². The summed E-state index contributed by atoms with van der Waals surface area (Å²) in [5.41, 5.74) is -0.559. The van der Waals surface area contributed by atoms with E-state index in [9.17, 15) is 14.7 Å². The molecule has 1 amide bonds. The number of ether oxygens (including phenoxy) is 2. The number of carboxylic acids is 1. The summed E-state index contributed by atoms with van der Waals surface area (Å²) >= 11 is 5.67. The fourth-order valence-corrected chi connectivity index (χ4v) is 9.50. The van der Waals surface area contributed by atoms with E-state index >= 15 is 13.2 Å². The second-order valence-electron chi connectivity index (χ2n) is 13.2. The molecule has 0 saturated heterocycles. The first-order valence-electron chi connectivity index (χ1n) is 16.7. The summed E-state index contributed by atoms with van der Waals surface area (Å²) in [5, 5.41) is 16.5. The van der Waals surface area contributed by atoms with Gasteiger partial charge in [0.1, 0.15) is 33.5 Å². The second kappa shape index (κ2) is 17.0. The molecule has 8 nitrogen and oxygen atoms in total. The van der Waals surface area contributed by atoms with Crippen LogP contribution in [0.25, 0.3) is 5.57 Å². The van der Waals surface area contributed by atoms with Gasteiger partial charge in [-0.2, -0.15) is 0 Å². The van der Waals surface area contributed by atoms with Gasteiger partial charge in [0.05, 0.1) is 25.8 Å². The largest absolute Gasteiger partial charge is 0.545 e. The number of fused-ring (bicyclic) bond motifs is 2. The van der Waals surface area contributed by atoms with Gasteiger partial charge < -0.3 is 29.6 Å². The van der Waals surface area contributed by atoms with Crippen molar-refractivity contribution in [2.75, 3.05) is 71.9 Å². The van der Waals surface area contributed by atoms with Crippen LogP contribution in [0.2, 0.25) is 13.1 Å². The Morgan fingerprint density at radius 3 is 2.22 bits per heavy atom. The molecule has 4 rings (SSSR count). The Morgan fingerprint density at radius 1 is 0.920 bits per heavy atom. The SMILES string of the molecule is CN(C)c1ccc2c(c1)[Si](C)(C)C1=CC(=[N+](C)C)C=CC1=C2c1c(F)c(C(=O)NCCOCCOCCCCCCCl)c(F)c(F)c1C(=O)[O-]. The Bertz CT molecular complexity index is 1770. The third-order valence-electron chi connectivity index (χ3n) is 9.00. The third kappa shape index (κ3) is 8.25. The van der Waals surface area contributed by atoms with Crippen LogP contribution in [0.1, 0.15) is 57.5 Å².